The van der Waals surface area contributed by atoms with E-state index in [1.165, 1.54) is 30.3 Å². The van der Waals surface area contributed by atoms with Crippen LogP contribution in [0.15, 0.2) is 49.9 Å². The zero-order valence-electron chi connectivity index (χ0n) is 13.7. The van der Waals surface area contributed by atoms with Gasteiger partial charge in [0.2, 0.25) is 5.82 Å². The second-order valence-electron chi connectivity index (χ2n) is 5.55. The molecule has 28 heavy (non-hydrogen) atoms. The lowest BCUT2D eigenvalue weighted by Gasteiger charge is -2.12. The molecule has 0 atom stereocenters. The Morgan fingerprint density at radius 1 is 1.18 bits per heavy atom. The third-order valence-electron chi connectivity index (χ3n) is 3.66. The number of aromatic hydroxyl groups is 1. The third kappa shape index (κ3) is 4.36. The fourth-order valence-corrected chi connectivity index (χ4v) is 3.52. The van der Waals surface area contributed by atoms with Gasteiger partial charge in [-0.3, -0.25) is 4.79 Å². The number of phenols is 1. The van der Waals surface area contributed by atoms with Crippen molar-refractivity contribution in [3.8, 4) is 17.1 Å². The third-order valence-corrected chi connectivity index (χ3v) is 4.87. The average molecular weight is 521 g/mol. The minimum atomic E-state index is -4.53. The van der Waals surface area contributed by atoms with E-state index in [1.807, 2.05) is 0 Å². The summed E-state index contributed by atoms with van der Waals surface area (Å²) < 4.78 is 44.6. The van der Waals surface area contributed by atoms with Gasteiger partial charge in [-0.15, -0.1) is 0 Å². The molecule has 11 heteroatoms. The molecule has 0 bridgehead atoms. The SMILES string of the molecule is O=C(NCc1ccccc1C(F)(F)F)c1nc(-c2cc(Br)c(O)c(Br)c2)no1. The molecule has 0 fully saturated rings. The second-order valence-corrected chi connectivity index (χ2v) is 7.26. The van der Waals surface area contributed by atoms with E-state index >= 15 is 0 Å². The van der Waals surface area contributed by atoms with E-state index in [0.717, 1.165) is 6.07 Å². The van der Waals surface area contributed by atoms with Crippen LogP contribution >= 0.6 is 31.9 Å². The molecule has 1 aromatic heterocycles. The summed E-state index contributed by atoms with van der Waals surface area (Å²) >= 11 is 6.33. The van der Waals surface area contributed by atoms with Crippen LogP contribution in [-0.4, -0.2) is 21.2 Å². The van der Waals surface area contributed by atoms with E-state index in [9.17, 15) is 23.1 Å². The van der Waals surface area contributed by atoms with Crippen LogP contribution in [-0.2, 0) is 12.7 Å². The van der Waals surface area contributed by atoms with Gasteiger partial charge in [0.25, 0.3) is 0 Å². The van der Waals surface area contributed by atoms with Crippen molar-refractivity contribution in [2.45, 2.75) is 12.7 Å². The number of hydrogen-bond acceptors (Lipinski definition) is 5. The molecular formula is C17H10Br2F3N3O3. The van der Waals surface area contributed by atoms with E-state index < -0.39 is 23.5 Å². The minimum Gasteiger partial charge on any atom is -0.506 e. The Hall–Kier alpha value is -2.40. The Bertz CT molecular complexity index is 1010. The number of carbonyl (C=O) groups excluding carboxylic acids is 1. The van der Waals surface area contributed by atoms with Crippen molar-refractivity contribution in [1.29, 1.82) is 0 Å². The number of phenolic OH excluding ortho intramolecular Hbond substituents is 1. The maximum atomic E-state index is 13.0. The lowest BCUT2D eigenvalue weighted by Crippen LogP contribution is -2.24. The summed E-state index contributed by atoms with van der Waals surface area (Å²) in [6.45, 7) is -0.359. The molecule has 0 spiro atoms. The maximum Gasteiger partial charge on any atom is 0.416 e. The van der Waals surface area contributed by atoms with E-state index in [1.54, 1.807) is 0 Å². The number of nitrogens with zero attached hydrogens (tertiary/aromatic N) is 2. The number of alkyl halides is 3. The molecule has 0 aliphatic carbocycles. The van der Waals surface area contributed by atoms with Gasteiger partial charge in [-0.05, 0) is 55.6 Å². The number of rotatable bonds is 4. The van der Waals surface area contributed by atoms with Crippen molar-refractivity contribution in [2.75, 3.05) is 0 Å². The van der Waals surface area contributed by atoms with Crippen LogP contribution < -0.4 is 5.32 Å². The van der Waals surface area contributed by atoms with E-state index in [2.05, 4.69) is 47.3 Å². The fourth-order valence-electron chi connectivity index (χ4n) is 2.33. The highest BCUT2D eigenvalue weighted by Crippen LogP contribution is 2.36. The monoisotopic (exact) mass is 519 g/mol. The average Bonchev–Trinajstić information content (AvgIpc) is 3.13. The first kappa shape index (κ1) is 20.3. The molecule has 0 radical (unpaired) electrons. The van der Waals surface area contributed by atoms with Crippen LogP contribution in [0.2, 0.25) is 0 Å². The van der Waals surface area contributed by atoms with Crippen molar-refractivity contribution >= 4 is 37.8 Å². The molecule has 0 aliphatic heterocycles. The predicted molar refractivity (Wildman–Crippen MR) is 99.4 cm³/mol. The van der Waals surface area contributed by atoms with Gasteiger partial charge in [-0.1, -0.05) is 23.4 Å². The molecule has 0 aliphatic rings. The van der Waals surface area contributed by atoms with Crippen molar-refractivity contribution in [3.63, 3.8) is 0 Å². The van der Waals surface area contributed by atoms with Gasteiger partial charge in [0, 0.05) is 12.1 Å². The summed E-state index contributed by atoms with van der Waals surface area (Å²) in [5.41, 5.74) is -0.475. The minimum absolute atomic E-state index is 0.0199. The van der Waals surface area contributed by atoms with Crippen molar-refractivity contribution in [2.24, 2.45) is 0 Å². The Kier molecular flexibility index (Phi) is 5.75. The van der Waals surface area contributed by atoms with Crippen LogP contribution in [0, 0.1) is 0 Å². The van der Waals surface area contributed by atoms with Crippen molar-refractivity contribution in [3.05, 3.63) is 62.4 Å². The Balaban J connectivity index is 1.76. The summed E-state index contributed by atoms with van der Waals surface area (Å²) in [5.74, 6) is -1.16. The number of benzene rings is 2. The molecular weight excluding hydrogens is 511 g/mol. The van der Waals surface area contributed by atoms with E-state index in [4.69, 9.17) is 4.52 Å². The lowest BCUT2D eigenvalue weighted by atomic mass is 10.1. The first-order chi connectivity index (χ1) is 13.2. The van der Waals surface area contributed by atoms with E-state index in [0.29, 0.717) is 14.5 Å². The van der Waals surface area contributed by atoms with Crippen LogP contribution in [0.25, 0.3) is 11.4 Å². The van der Waals surface area contributed by atoms with Gasteiger partial charge in [0.1, 0.15) is 5.75 Å². The first-order valence-corrected chi connectivity index (χ1v) is 9.21. The Morgan fingerprint density at radius 3 is 2.46 bits per heavy atom. The molecule has 2 N–H and O–H groups in total. The smallest absolute Gasteiger partial charge is 0.416 e. The first-order valence-electron chi connectivity index (χ1n) is 7.62. The van der Waals surface area contributed by atoms with Crippen molar-refractivity contribution < 1.29 is 27.6 Å². The molecule has 0 saturated heterocycles. The van der Waals surface area contributed by atoms with Crippen LogP contribution in [0.4, 0.5) is 13.2 Å². The van der Waals surface area contributed by atoms with Crippen molar-refractivity contribution in [1.82, 2.24) is 15.5 Å². The molecule has 3 rings (SSSR count). The summed E-state index contributed by atoms with van der Waals surface area (Å²) in [6.07, 6.45) is -4.53. The summed E-state index contributed by atoms with van der Waals surface area (Å²) in [4.78, 5) is 16.1. The zero-order chi connectivity index (χ0) is 20.5. The standard InChI is InChI=1S/C17H10Br2F3N3O3/c18-11-5-9(6-12(19)13(11)26)14-24-16(28-25-14)15(27)23-7-8-3-1-2-4-10(8)17(20,21)22/h1-6,26H,7H2,(H,23,27). The van der Waals surface area contributed by atoms with Gasteiger partial charge in [-0.25, -0.2) is 0 Å². The largest absolute Gasteiger partial charge is 0.506 e. The molecule has 146 valence electrons. The molecule has 6 nitrogen and oxygen atoms in total. The lowest BCUT2D eigenvalue weighted by molar-refractivity contribution is -0.138. The fraction of sp³-hybridized carbons (Fsp3) is 0.118. The number of aromatic nitrogens is 2. The highest BCUT2D eigenvalue weighted by Gasteiger charge is 2.33. The molecule has 3 aromatic rings. The molecule has 1 amide bonds. The van der Waals surface area contributed by atoms with Crippen LogP contribution in [0.1, 0.15) is 21.8 Å². The zero-order valence-corrected chi connectivity index (χ0v) is 16.9. The quantitative estimate of drug-likeness (QED) is 0.510. The second kappa shape index (κ2) is 7.92. The van der Waals surface area contributed by atoms with Crippen LogP contribution in [0.3, 0.4) is 0 Å². The van der Waals surface area contributed by atoms with Gasteiger partial charge in [0.15, 0.2) is 0 Å². The van der Waals surface area contributed by atoms with Gasteiger partial charge < -0.3 is 14.9 Å². The number of amides is 1. The summed E-state index contributed by atoms with van der Waals surface area (Å²) in [6, 6.07) is 7.97. The predicted octanol–water partition coefficient (Wildman–Crippen LogP) is 4.92. The number of halogens is 5. The highest BCUT2D eigenvalue weighted by atomic mass is 79.9. The van der Waals surface area contributed by atoms with Crippen LogP contribution in [0.5, 0.6) is 5.75 Å². The molecule has 2 aromatic carbocycles. The Labute approximate surface area is 173 Å². The van der Waals surface area contributed by atoms with Gasteiger partial charge in [0.05, 0.1) is 14.5 Å². The number of nitrogens with one attached hydrogen (secondary N) is 1. The maximum absolute atomic E-state index is 13.0. The summed E-state index contributed by atoms with van der Waals surface area (Å²) in [5, 5.41) is 15.7. The highest BCUT2D eigenvalue weighted by molar-refractivity contribution is 9.11. The molecule has 1 heterocycles. The molecule has 0 unspecified atom stereocenters. The van der Waals surface area contributed by atoms with Gasteiger partial charge >= 0.3 is 18.0 Å². The summed E-state index contributed by atoms with van der Waals surface area (Å²) in [7, 11) is 0. The van der Waals surface area contributed by atoms with Gasteiger partial charge in [-0.2, -0.15) is 18.2 Å². The Morgan fingerprint density at radius 2 is 1.82 bits per heavy atom. The number of hydrogen-bond donors (Lipinski definition) is 2. The number of carbonyl (C=O) groups is 1. The topological polar surface area (TPSA) is 88.2 Å². The molecule has 0 saturated carbocycles. The van der Waals surface area contributed by atoms with E-state index in [-0.39, 0.29) is 23.7 Å². The normalized spacial score (nSPS) is 11.5.